The molecule has 4 rings (SSSR count). The van der Waals surface area contributed by atoms with Crippen LogP contribution in [0.2, 0.25) is 0 Å². The third kappa shape index (κ3) is 4.12. The molecule has 6 nitrogen and oxygen atoms in total. The first-order valence-electron chi connectivity index (χ1n) is 10.8. The predicted molar refractivity (Wildman–Crippen MR) is 125 cm³/mol. The molecule has 1 saturated heterocycles. The van der Waals surface area contributed by atoms with Crippen molar-refractivity contribution in [1.29, 1.82) is 0 Å². The third-order valence-electron chi connectivity index (χ3n) is 6.23. The second-order valence-electron chi connectivity index (χ2n) is 8.50. The number of aromatic hydroxyl groups is 1. The van der Waals surface area contributed by atoms with Gasteiger partial charge in [0.1, 0.15) is 16.1 Å². The van der Waals surface area contributed by atoms with E-state index in [-0.39, 0.29) is 23.4 Å². The molecule has 2 aromatic heterocycles. The van der Waals surface area contributed by atoms with Gasteiger partial charge in [-0.25, -0.2) is 0 Å². The van der Waals surface area contributed by atoms with Crippen LogP contribution in [0.3, 0.4) is 0 Å². The Kier molecular flexibility index (Phi) is 6.16. The van der Waals surface area contributed by atoms with Crippen LogP contribution in [0.4, 0.5) is 0 Å². The lowest BCUT2D eigenvalue weighted by molar-refractivity contribution is 0.0891. The van der Waals surface area contributed by atoms with Gasteiger partial charge >= 0.3 is 0 Å². The molecule has 1 fully saturated rings. The van der Waals surface area contributed by atoms with Gasteiger partial charge in [0.25, 0.3) is 11.5 Å². The fraction of sp³-hybridized carbons (Fsp3) is 0.417. The molecule has 3 aromatic rings. The zero-order valence-electron chi connectivity index (χ0n) is 18.2. The lowest BCUT2D eigenvalue weighted by Gasteiger charge is -2.36. The maximum atomic E-state index is 13.1. The molecule has 0 saturated carbocycles. The molecule has 1 aliphatic rings. The highest BCUT2D eigenvalue weighted by atomic mass is 32.1. The van der Waals surface area contributed by atoms with Gasteiger partial charge < -0.3 is 10.4 Å². The second-order valence-corrected chi connectivity index (χ2v) is 9.40. The van der Waals surface area contributed by atoms with Gasteiger partial charge in [0, 0.05) is 31.2 Å². The minimum atomic E-state index is -0.487. The van der Waals surface area contributed by atoms with E-state index in [2.05, 4.69) is 41.4 Å². The Hall–Kier alpha value is -2.64. The van der Waals surface area contributed by atoms with Gasteiger partial charge in [-0.3, -0.25) is 19.1 Å². The van der Waals surface area contributed by atoms with Crippen LogP contribution in [-0.2, 0) is 0 Å². The molecule has 0 aliphatic carbocycles. The molecule has 0 bridgehead atoms. The fourth-order valence-corrected chi connectivity index (χ4v) is 5.45. The molecule has 0 radical (unpaired) electrons. The molecule has 2 N–H and O–H groups in total. The van der Waals surface area contributed by atoms with Crippen LogP contribution < -0.4 is 10.9 Å². The molecule has 1 aromatic carbocycles. The molecular formula is C24H29N3O3S. The number of carbonyl (C=O) groups excluding carboxylic acids is 1. The van der Waals surface area contributed by atoms with Crippen molar-refractivity contribution in [2.24, 2.45) is 0 Å². The summed E-state index contributed by atoms with van der Waals surface area (Å²) in [6.07, 6.45) is 1.62. The Labute approximate surface area is 186 Å². The lowest BCUT2D eigenvalue weighted by Crippen LogP contribution is -2.46. The Morgan fingerprint density at radius 3 is 2.45 bits per heavy atom. The summed E-state index contributed by atoms with van der Waals surface area (Å²) in [5.41, 5.74) is 0.697. The molecule has 3 heterocycles. The number of carbonyl (C=O) groups is 1. The van der Waals surface area contributed by atoms with Crippen molar-refractivity contribution in [2.75, 3.05) is 13.1 Å². The van der Waals surface area contributed by atoms with E-state index >= 15 is 0 Å². The first-order chi connectivity index (χ1) is 14.9. The standard InChI is InChI=1S/C24H29N3O3S/c1-15(2)27-23(30)20(21(28)19-11-14-31-24(19)27)22(29)25-18-9-12-26(13-10-18)16(3)17-7-5-4-6-8-17/h4-8,11,14-16,18,28H,9-10,12-13H2,1-3H3,(H,25,29). The van der Waals surface area contributed by atoms with E-state index in [1.165, 1.54) is 16.9 Å². The van der Waals surface area contributed by atoms with E-state index in [1.54, 1.807) is 10.6 Å². The van der Waals surface area contributed by atoms with Gasteiger partial charge in [0.15, 0.2) is 0 Å². The topological polar surface area (TPSA) is 74.6 Å². The van der Waals surface area contributed by atoms with Gasteiger partial charge in [-0.2, -0.15) is 0 Å². The number of hydrogen-bond acceptors (Lipinski definition) is 5. The summed E-state index contributed by atoms with van der Waals surface area (Å²) in [5, 5.41) is 16.1. The zero-order valence-corrected chi connectivity index (χ0v) is 19.0. The number of benzene rings is 1. The maximum Gasteiger partial charge on any atom is 0.268 e. The molecule has 164 valence electrons. The van der Waals surface area contributed by atoms with E-state index in [9.17, 15) is 14.7 Å². The minimum Gasteiger partial charge on any atom is -0.506 e. The van der Waals surface area contributed by atoms with Crippen LogP contribution in [0, 0.1) is 0 Å². The highest BCUT2D eigenvalue weighted by molar-refractivity contribution is 7.16. The number of piperidine rings is 1. The second kappa shape index (κ2) is 8.85. The smallest absolute Gasteiger partial charge is 0.268 e. The van der Waals surface area contributed by atoms with Crippen LogP contribution in [0.25, 0.3) is 10.2 Å². The number of likely N-dealkylation sites (tertiary alicyclic amines) is 1. The van der Waals surface area contributed by atoms with Crippen molar-refractivity contribution in [3.63, 3.8) is 0 Å². The SMILES string of the molecule is CC(c1ccccc1)N1CCC(NC(=O)c2c(O)c3ccsc3n(C(C)C)c2=O)CC1. The lowest BCUT2D eigenvalue weighted by atomic mass is 10.00. The highest BCUT2D eigenvalue weighted by Gasteiger charge is 2.28. The Balaban J connectivity index is 1.49. The molecule has 1 aliphatic heterocycles. The van der Waals surface area contributed by atoms with Crippen LogP contribution in [0.5, 0.6) is 5.75 Å². The first kappa shape index (κ1) is 21.6. The third-order valence-corrected chi connectivity index (χ3v) is 7.14. The normalized spacial score (nSPS) is 16.6. The number of rotatable bonds is 5. The van der Waals surface area contributed by atoms with Crippen LogP contribution >= 0.6 is 11.3 Å². The van der Waals surface area contributed by atoms with Crippen molar-refractivity contribution in [3.8, 4) is 5.75 Å². The van der Waals surface area contributed by atoms with E-state index in [0.29, 0.717) is 16.3 Å². The fourth-order valence-electron chi connectivity index (χ4n) is 4.42. The summed E-state index contributed by atoms with van der Waals surface area (Å²) in [4.78, 5) is 29.2. The number of aromatic nitrogens is 1. The Morgan fingerprint density at radius 1 is 1.13 bits per heavy atom. The quantitative estimate of drug-likeness (QED) is 0.621. The number of nitrogens with one attached hydrogen (secondary N) is 1. The van der Waals surface area contributed by atoms with Crippen molar-refractivity contribution in [2.45, 2.75) is 51.7 Å². The maximum absolute atomic E-state index is 13.1. The van der Waals surface area contributed by atoms with Gasteiger partial charge in [0.2, 0.25) is 0 Å². The summed E-state index contributed by atoms with van der Waals surface area (Å²) in [6, 6.07) is 12.4. The van der Waals surface area contributed by atoms with Crippen molar-refractivity contribution in [3.05, 3.63) is 63.3 Å². The number of nitrogens with zero attached hydrogens (tertiary/aromatic N) is 2. The average Bonchev–Trinajstić information content (AvgIpc) is 3.24. The van der Waals surface area contributed by atoms with Crippen LogP contribution in [-0.4, -0.2) is 39.6 Å². The minimum absolute atomic E-state index is 0.0174. The average molecular weight is 440 g/mol. The van der Waals surface area contributed by atoms with Crippen LogP contribution in [0.15, 0.2) is 46.6 Å². The highest BCUT2D eigenvalue weighted by Crippen LogP contribution is 2.32. The summed E-state index contributed by atoms with van der Waals surface area (Å²) in [5.74, 6) is -0.703. The number of pyridine rings is 1. The molecule has 1 unspecified atom stereocenters. The van der Waals surface area contributed by atoms with Crippen molar-refractivity contribution >= 4 is 27.5 Å². The van der Waals surface area contributed by atoms with Crippen molar-refractivity contribution in [1.82, 2.24) is 14.8 Å². The molecule has 7 heteroatoms. The van der Waals surface area contributed by atoms with Crippen LogP contribution in [0.1, 0.15) is 61.6 Å². The predicted octanol–water partition coefficient (Wildman–Crippen LogP) is 4.30. The zero-order chi connectivity index (χ0) is 22.1. The van der Waals surface area contributed by atoms with Gasteiger partial charge in [-0.15, -0.1) is 11.3 Å². The monoisotopic (exact) mass is 439 g/mol. The Morgan fingerprint density at radius 2 is 1.81 bits per heavy atom. The first-order valence-corrected chi connectivity index (χ1v) is 11.7. The summed E-state index contributed by atoms with van der Waals surface area (Å²) in [7, 11) is 0. The number of hydrogen-bond donors (Lipinski definition) is 2. The Bertz CT molecular complexity index is 1130. The number of amides is 1. The summed E-state index contributed by atoms with van der Waals surface area (Å²) in [6.45, 7) is 7.75. The molecule has 0 spiro atoms. The molecule has 1 amide bonds. The summed E-state index contributed by atoms with van der Waals surface area (Å²) >= 11 is 1.39. The molecule has 31 heavy (non-hydrogen) atoms. The van der Waals surface area contributed by atoms with E-state index in [1.807, 2.05) is 25.3 Å². The largest absolute Gasteiger partial charge is 0.506 e. The molecular weight excluding hydrogens is 410 g/mol. The summed E-state index contributed by atoms with van der Waals surface area (Å²) < 4.78 is 1.60. The van der Waals surface area contributed by atoms with E-state index in [0.717, 1.165) is 25.9 Å². The van der Waals surface area contributed by atoms with Gasteiger partial charge in [-0.05, 0) is 50.6 Å². The van der Waals surface area contributed by atoms with Gasteiger partial charge in [-0.1, -0.05) is 30.3 Å². The van der Waals surface area contributed by atoms with Crippen molar-refractivity contribution < 1.29 is 9.90 Å². The number of fused-ring (bicyclic) bond motifs is 1. The van der Waals surface area contributed by atoms with Gasteiger partial charge in [0.05, 0.1) is 5.39 Å². The number of thiophene rings is 1. The van der Waals surface area contributed by atoms with E-state index < -0.39 is 11.5 Å². The van der Waals surface area contributed by atoms with E-state index in [4.69, 9.17) is 0 Å². The molecule has 1 atom stereocenters.